The summed E-state index contributed by atoms with van der Waals surface area (Å²) in [6.07, 6.45) is 2.39. The minimum atomic E-state index is -0.872. The van der Waals surface area contributed by atoms with E-state index in [1.54, 1.807) is 6.92 Å². The van der Waals surface area contributed by atoms with E-state index in [9.17, 15) is 9.59 Å². The summed E-state index contributed by atoms with van der Waals surface area (Å²) in [4.78, 5) is 21.9. The number of carboxylic acids is 1. The molecule has 1 aliphatic rings. The van der Waals surface area contributed by atoms with Crippen LogP contribution in [0.3, 0.4) is 0 Å². The first kappa shape index (κ1) is 12.4. The van der Waals surface area contributed by atoms with Gasteiger partial charge in [0, 0.05) is 6.04 Å². The van der Waals surface area contributed by atoms with E-state index in [2.05, 4.69) is 5.32 Å². The molecule has 0 aromatic rings. The zero-order valence-corrected chi connectivity index (χ0v) is 9.84. The molecule has 1 amide bonds. The predicted octanol–water partition coefficient (Wildman–Crippen LogP) is 1.11. The van der Waals surface area contributed by atoms with Gasteiger partial charge in [0.05, 0.1) is 11.0 Å². The number of carbonyl (C=O) groups is 2. The summed E-state index contributed by atoms with van der Waals surface area (Å²) in [5, 5.41) is 11.0. The van der Waals surface area contributed by atoms with E-state index < -0.39 is 11.2 Å². The van der Waals surface area contributed by atoms with Gasteiger partial charge in [-0.15, -0.1) is 11.8 Å². The molecule has 4 nitrogen and oxygen atoms in total. The van der Waals surface area contributed by atoms with Gasteiger partial charge in [-0.3, -0.25) is 9.59 Å². The molecule has 0 aromatic heterocycles. The topological polar surface area (TPSA) is 66.4 Å². The van der Waals surface area contributed by atoms with Crippen molar-refractivity contribution < 1.29 is 14.7 Å². The minimum Gasteiger partial charge on any atom is -0.480 e. The fourth-order valence-electron chi connectivity index (χ4n) is 1.28. The number of hydrogen-bond donors (Lipinski definition) is 2. The summed E-state index contributed by atoms with van der Waals surface area (Å²) in [6.45, 7) is 3.59. The van der Waals surface area contributed by atoms with E-state index in [0.29, 0.717) is 5.92 Å². The number of nitrogens with one attached hydrogen (secondary N) is 1. The first-order valence-electron chi connectivity index (χ1n) is 5.14. The Morgan fingerprint density at radius 2 is 2.07 bits per heavy atom. The van der Waals surface area contributed by atoms with Crippen LogP contribution in [0.5, 0.6) is 0 Å². The quantitative estimate of drug-likeness (QED) is 0.718. The van der Waals surface area contributed by atoms with E-state index in [1.165, 1.54) is 12.8 Å². The molecule has 0 aliphatic heterocycles. The van der Waals surface area contributed by atoms with E-state index in [4.69, 9.17) is 5.11 Å². The van der Waals surface area contributed by atoms with Crippen LogP contribution in [0.1, 0.15) is 26.7 Å². The maximum atomic E-state index is 11.4. The molecule has 0 heterocycles. The van der Waals surface area contributed by atoms with Crippen LogP contribution < -0.4 is 5.32 Å². The van der Waals surface area contributed by atoms with E-state index >= 15 is 0 Å². The van der Waals surface area contributed by atoms with Crippen LogP contribution in [-0.4, -0.2) is 34.0 Å². The number of amides is 1. The lowest BCUT2D eigenvalue weighted by atomic mass is 10.2. The monoisotopic (exact) mass is 231 g/mol. The molecule has 1 saturated carbocycles. The van der Waals surface area contributed by atoms with Crippen molar-refractivity contribution in [2.75, 3.05) is 5.75 Å². The number of carbonyl (C=O) groups excluding carboxylic acids is 1. The Hall–Kier alpha value is -0.710. The van der Waals surface area contributed by atoms with Crippen molar-refractivity contribution in [2.24, 2.45) is 5.92 Å². The molecule has 15 heavy (non-hydrogen) atoms. The van der Waals surface area contributed by atoms with Gasteiger partial charge in [0.1, 0.15) is 0 Å². The van der Waals surface area contributed by atoms with Gasteiger partial charge in [-0.25, -0.2) is 0 Å². The van der Waals surface area contributed by atoms with Crippen molar-refractivity contribution >= 4 is 23.6 Å². The Balaban J connectivity index is 2.15. The number of thioether (sulfide) groups is 1. The number of rotatable bonds is 6. The van der Waals surface area contributed by atoms with Crippen molar-refractivity contribution in [3.05, 3.63) is 0 Å². The van der Waals surface area contributed by atoms with Crippen LogP contribution >= 0.6 is 11.8 Å². The molecular weight excluding hydrogens is 214 g/mol. The largest absolute Gasteiger partial charge is 0.480 e. The summed E-state index contributed by atoms with van der Waals surface area (Å²) in [6, 6.07) is 0.234. The molecular formula is C10H17NO3S. The molecule has 1 aliphatic carbocycles. The fraction of sp³-hybridized carbons (Fsp3) is 0.800. The first-order chi connectivity index (χ1) is 7.00. The zero-order chi connectivity index (χ0) is 11.4. The fourth-order valence-corrected chi connectivity index (χ4v) is 1.91. The van der Waals surface area contributed by atoms with Gasteiger partial charge < -0.3 is 10.4 Å². The molecule has 86 valence electrons. The van der Waals surface area contributed by atoms with Crippen LogP contribution in [0, 0.1) is 5.92 Å². The van der Waals surface area contributed by atoms with Gasteiger partial charge in [0.2, 0.25) is 5.91 Å². The number of carboxylic acid groups (broad SMARTS) is 1. The standard InChI is InChI=1S/C10H17NO3S/c1-6(8-3-4-8)11-9(12)5-15-7(2)10(13)14/h6-8H,3-5H2,1-2H3,(H,11,12)(H,13,14)/t6-,7+/m1/s1. The Morgan fingerprint density at radius 3 is 2.53 bits per heavy atom. The maximum absolute atomic E-state index is 11.4. The van der Waals surface area contributed by atoms with Crippen molar-refractivity contribution in [3.8, 4) is 0 Å². The highest BCUT2D eigenvalue weighted by Crippen LogP contribution is 2.32. The second-order valence-electron chi connectivity index (χ2n) is 3.99. The van der Waals surface area contributed by atoms with Crippen molar-refractivity contribution in [2.45, 2.75) is 38.0 Å². The Labute approximate surface area is 93.8 Å². The summed E-state index contributed by atoms with van der Waals surface area (Å²) in [5.74, 6) is -0.0729. The average Bonchev–Trinajstić information content (AvgIpc) is 2.96. The SMILES string of the molecule is C[C@H](SCC(=O)N[C@H](C)C1CC1)C(=O)O. The van der Waals surface area contributed by atoms with Crippen LogP contribution in [0.25, 0.3) is 0 Å². The molecule has 1 rings (SSSR count). The van der Waals surface area contributed by atoms with Crippen molar-refractivity contribution in [3.63, 3.8) is 0 Å². The van der Waals surface area contributed by atoms with E-state index in [1.807, 2.05) is 6.92 Å². The van der Waals surface area contributed by atoms with Crippen molar-refractivity contribution in [1.29, 1.82) is 0 Å². The third kappa shape index (κ3) is 4.55. The van der Waals surface area contributed by atoms with Gasteiger partial charge in [-0.05, 0) is 32.6 Å². The Morgan fingerprint density at radius 1 is 1.47 bits per heavy atom. The van der Waals surface area contributed by atoms with Gasteiger partial charge in [-0.2, -0.15) is 0 Å². The molecule has 0 bridgehead atoms. The van der Waals surface area contributed by atoms with E-state index in [-0.39, 0.29) is 17.7 Å². The third-order valence-corrected chi connectivity index (χ3v) is 3.66. The highest BCUT2D eigenvalue weighted by Gasteiger charge is 2.28. The molecule has 5 heteroatoms. The number of hydrogen-bond acceptors (Lipinski definition) is 3. The maximum Gasteiger partial charge on any atom is 0.316 e. The highest BCUT2D eigenvalue weighted by atomic mass is 32.2. The van der Waals surface area contributed by atoms with Gasteiger partial charge in [0.25, 0.3) is 0 Å². The molecule has 1 fully saturated rings. The van der Waals surface area contributed by atoms with Crippen LogP contribution in [0.2, 0.25) is 0 Å². The second-order valence-corrected chi connectivity index (χ2v) is 5.31. The van der Waals surface area contributed by atoms with Gasteiger partial charge in [0.15, 0.2) is 0 Å². The summed E-state index contributed by atoms with van der Waals surface area (Å²) < 4.78 is 0. The molecule has 0 radical (unpaired) electrons. The second kappa shape index (κ2) is 5.39. The Bertz CT molecular complexity index is 253. The lowest BCUT2D eigenvalue weighted by Gasteiger charge is -2.13. The molecule has 2 N–H and O–H groups in total. The van der Waals surface area contributed by atoms with Crippen molar-refractivity contribution in [1.82, 2.24) is 5.32 Å². The smallest absolute Gasteiger partial charge is 0.316 e. The third-order valence-electron chi connectivity index (χ3n) is 2.53. The minimum absolute atomic E-state index is 0.0625. The van der Waals surface area contributed by atoms with Crippen LogP contribution in [-0.2, 0) is 9.59 Å². The average molecular weight is 231 g/mol. The van der Waals surface area contributed by atoms with Crippen LogP contribution in [0.15, 0.2) is 0 Å². The highest BCUT2D eigenvalue weighted by molar-refractivity contribution is 8.01. The molecule has 0 saturated heterocycles. The van der Waals surface area contributed by atoms with Gasteiger partial charge >= 0.3 is 5.97 Å². The summed E-state index contributed by atoms with van der Waals surface area (Å²) >= 11 is 1.16. The zero-order valence-electron chi connectivity index (χ0n) is 9.03. The van der Waals surface area contributed by atoms with Gasteiger partial charge in [-0.1, -0.05) is 0 Å². The molecule has 0 spiro atoms. The lowest BCUT2D eigenvalue weighted by molar-refractivity contribution is -0.136. The predicted molar refractivity (Wildman–Crippen MR) is 59.9 cm³/mol. The summed E-state index contributed by atoms with van der Waals surface area (Å²) in [5.41, 5.74) is 0. The lowest BCUT2D eigenvalue weighted by Crippen LogP contribution is -2.35. The molecule has 0 aromatic carbocycles. The van der Waals surface area contributed by atoms with Crippen LogP contribution in [0.4, 0.5) is 0 Å². The molecule has 2 atom stereocenters. The number of aliphatic carboxylic acids is 1. The first-order valence-corrected chi connectivity index (χ1v) is 6.19. The summed E-state index contributed by atoms with van der Waals surface area (Å²) in [7, 11) is 0. The Kier molecular flexibility index (Phi) is 4.45. The molecule has 0 unspecified atom stereocenters. The normalized spacial score (nSPS) is 19.3. The van der Waals surface area contributed by atoms with E-state index in [0.717, 1.165) is 11.8 Å².